The monoisotopic (exact) mass is 522 g/mol. The van der Waals surface area contributed by atoms with Gasteiger partial charge in [-0.15, -0.1) is 0 Å². The van der Waals surface area contributed by atoms with E-state index in [2.05, 4.69) is 0 Å². The van der Waals surface area contributed by atoms with Crippen molar-refractivity contribution >= 4 is 44.6 Å². The van der Waals surface area contributed by atoms with Crippen molar-refractivity contribution in [2.24, 2.45) is 0 Å². The normalized spacial score (nSPS) is 13.1. The highest BCUT2D eigenvalue weighted by Crippen LogP contribution is 2.39. The van der Waals surface area contributed by atoms with Crippen molar-refractivity contribution in [3.05, 3.63) is 141 Å². The molecule has 0 saturated carbocycles. The average molecular weight is 523 g/mol. The summed E-state index contributed by atoms with van der Waals surface area (Å²) in [6.07, 6.45) is 0. The van der Waals surface area contributed by atoms with Crippen molar-refractivity contribution in [2.45, 2.75) is 10.5 Å². The predicted octanol–water partition coefficient (Wildman–Crippen LogP) is 6.96. The van der Waals surface area contributed by atoms with Crippen LogP contribution in [-0.2, 0) is 9.84 Å². The minimum atomic E-state index is -4.47. The van der Waals surface area contributed by atoms with Crippen molar-refractivity contribution in [2.75, 3.05) is 0 Å². The largest absolute Gasteiger partial charge is 0.292 e. The van der Waals surface area contributed by atoms with Gasteiger partial charge in [-0.1, -0.05) is 108 Å². The number of sulfone groups is 1. The van der Waals surface area contributed by atoms with Gasteiger partial charge in [-0.05, 0) is 35.4 Å². The van der Waals surface area contributed by atoms with Crippen LogP contribution in [0.25, 0.3) is 0 Å². The van der Waals surface area contributed by atoms with Gasteiger partial charge >= 0.3 is 0 Å². The summed E-state index contributed by atoms with van der Waals surface area (Å²) in [5, 5.41) is -2.47. The number of ketones is 2. The van der Waals surface area contributed by atoms with E-state index in [1.807, 2.05) is 0 Å². The van der Waals surface area contributed by atoms with Crippen LogP contribution in [0.3, 0.4) is 0 Å². The molecular weight excluding hydrogens is 503 g/mol. The third-order valence-electron chi connectivity index (χ3n) is 5.60. The minimum absolute atomic E-state index is 0.220. The van der Waals surface area contributed by atoms with E-state index in [-0.39, 0.29) is 22.3 Å². The second-order valence-electron chi connectivity index (χ2n) is 7.91. The molecule has 35 heavy (non-hydrogen) atoms. The summed E-state index contributed by atoms with van der Waals surface area (Å²) < 4.78 is 28.6. The van der Waals surface area contributed by atoms with E-state index in [9.17, 15) is 18.0 Å². The zero-order chi connectivity index (χ0) is 25.0. The number of carbonyl (C=O) groups excluding carboxylic acids is 2. The smallest absolute Gasteiger partial charge is 0.185 e. The van der Waals surface area contributed by atoms with E-state index in [0.717, 1.165) is 0 Å². The van der Waals surface area contributed by atoms with E-state index < -0.39 is 31.9 Å². The van der Waals surface area contributed by atoms with Crippen LogP contribution in [0.4, 0.5) is 0 Å². The fraction of sp³-hybridized carbons (Fsp3) is 0.0714. The topological polar surface area (TPSA) is 68.3 Å². The maximum absolute atomic E-state index is 14.3. The Labute approximate surface area is 214 Å². The molecule has 176 valence electrons. The lowest BCUT2D eigenvalue weighted by Crippen LogP contribution is -2.31. The number of benzene rings is 4. The van der Waals surface area contributed by atoms with Gasteiger partial charge in [-0.2, -0.15) is 0 Å². The molecule has 0 amide bonds. The number of carbonyl (C=O) groups is 2. The summed E-state index contributed by atoms with van der Waals surface area (Å²) in [4.78, 5) is 27.4. The van der Waals surface area contributed by atoms with Gasteiger partial charge in [-0.25, -0.2) is 8.42 Å². The maximum Gasteiger partial charge on any atom is 0.185 e. The van der Waals surface area contributed by atoms with Crippen LogP contribution >= 0.6 is 23.2 Å². The molecule has 0 spiro atoms. The molecule has 2 unspecified atom stereocenters. The highest BCUT2D eigenvalue weighted by molar-refractivity contribution is 7.93. The van der Waals surface area contributed by atoms with E-state index in [0.29, 0.717) is 10.0 Å². The second kappa shape index (κ2) is 10.6. The summed E-state index contributed by atoms with van der Waals surface area (Å²) in [7, 11) is -4.47. The summed E-state index contributed by atoms with van der Waals surface area (Å²) in [6, 6.07) is 28.4. The quantitative estimate of drug-likeness (QED) is 0.234. The number of hydrogen-bond acceptors (Lipinski definition) is 4. The first-order valence-electron chi connectivity index (χ1n) is 10.7. The van der Waals surface area contributed by atoms with Crippen molar-refractivity contribution in [3.8, 4) is 0 Å². The lowest BCUT2D eigenvalue weighted by molar-refractivity contribution is 0.0982. The van der Waals surface area contributed by atoms with Gasteiger partial charge in [0.05, 0.1) is 0 Å². The second-order valence-corrected chi connectivity index (χ2v) is 10.9. The summed E-state index contributed by atoms with van der Waals surface area (Å²) in [6.45, 7) is 0. The third-order valence-corrected chi connectivity index (χ3v) is 8.39. The van der Waals surface area contributed by atoms with Gasteiger partial charge in [0.15, 0.2) is 31.9 Å². The molecule has 0 bridgehead atoms. The minimum Gasteiger partial charge on any atom is -0.292 e. The molecular formula is C28H20Cl2O4S. The first-order valence-corrected chi connectivity index (χ1v) is 13.1. The Bertz CT molecular complexity index is 1330. The lowest BCUT2D eigenvalue weighted by Gasteiger charge is -2.24. The van der Waals surface area contributed by atoms with E-state index in [1.165, 1.54) is 48.5 Å². The Morgan fingerprint density at radius 1 is 0.514 bits per heavy atom. The van der Waals surface area contributed by atoms with Gasteiger partial charge in [0.1, 0.15) is 0 Å². The Kier molecular flexibility index (Phi) is 7.51. The van der Waals surface area contributed by atoms with Crippen LogP contribution in [0.2, 0.25) is 10.0 Å². The van der Waals surface area contributed by atoms with Gasteiger partial charge in [0.25, 0.3) is 0 Å². The van der Waals surface area contributed by atoms with Crippen LogP contribution in [0.5, 0.6) is 0 Å². The molecule has 0 aliphatic heterocycles. The van der Waals surface area contributed by atoms with Crippen LogP contribution in [-0.4, -0.2) is 20.0 Å². The van der Waals surface area contributed by atoms with Gasteiger partial charge in [-0.3, -0.25) is 9.59 Å². The fourth-order valence-corrected chi connectivity index (χ4v) is 6.37. The Hall–Kier alpha value is -3.25. The van der Waals surface area contributed by atoms with E-state index in [4.69, 9.17) is 23.2 Å². The molecule has 7 heteroatoms. The van der Waals surface area contributed by atoms with Crippen molar-refractivity contribution < 1.29 is 18.0 Å². The third kappa shape index (κ3) is 5.38. The fourth-order valence-electron chi connectivity index (χ4n) is 3.90. The maximum atomic E-state index is 14.3. The van der Waals surface area contributed by atoms with Gasteiger partial charge in [0.2, 0.25) is 0 Å². The molecule has 0 aliphatic carbocycles. The highest BCUT2D eigenvalue weighted by atomic mass is 35.5. The van der Waals surface area contributed by atoms with Crippen molar-refractivity contribution in [1.82, 2.24) is 0 Å². The summed E-state index contributed by atoms with van der Waals surface area (Å²) >= 11 is 12.1. The van der Waals surface area contributed by atoms with E-state index >= 15 is 0 Å². The molecule has 0 heterocycles. The summed E-state index contributed by atoms with van der Waals surface area (Å²) in [5.74, 6) is -1.26. The van der Waals surface area contributed by atoms with Gasteiger partial charge in [0, 0.05) is 21.2 Å². The van der Waals surface area contributed by atoms with Crippen LogP contribution in [0.1, 0.15) is 42.3 Å². The van der Waals surface area contributed by atoms with Crippen molar-refractivity contribution in [3.63, 3.8) is 0 Å². The molecule has 4 aromatic carbocycles. The lowest BCUT2D eigenvalue weighted by atomic mass is 10.0. The molecule has 0 radical (unpaired) electrons. The molecule has 4 aromatic rings. The number of Topliss-reactive ketones (excluding diaryl/α,β-unsaturated/α-hetero) is 2. The molecule has 4 nitrogen and oxygen atoms in total. The Morgan fingerprint density at radius 2 is 0.829 bits per heavy atom. The molecule has 0 saturated heterocycles. The molecule has 0 fully saturated rings. The predicted molar refractivity (Wildman–Crippen MR) is 139 cm³/mol. The standard InChI is InChI=1S/C28H20Cl2O4S/c29-23-15-11-21(12-16-23)27(25(31)19-7-3-1-4-8-19)35(33,34)28(22-13-17-24(30)18-14-22)26(32)20-9-5-2-6-10-20/h1-18,27-28H. The summed E-state index contributed by atoms with van der Waals surface area (Å²) in [5.41, 5.74) is 0.891. The molecule has 0 aliphatic rings. The van der Waals surface area contributed by atoms with Crippen LogP contribution in [0.15, 0.2) is 109 Å². The molecule has 4 rings (SSSR count). The highest BCUT2D eigenvalue weighted by Gasteiger charge is 2.44. The zero-order valence-corrected chi connectivity index (χ0v) is 20.7. The van der Waals surface area contributed by atoms with Crippen LogP contribution < -0.4 is 0 Å². The first kappa shape index (κ1) is 24.9. The van der Waals surface area contributed by atoms with Crippen molar-refractivity contribution in [1.29, 1.82) is 0 Å². The zero-order valence-electron chi connectivity index (χ0n) is 18.3. The van der Waals surface area contributed by atoms with Gasteiger partial charge < -0.3 is 0 Å². The van der Waals surface area contributed by atoms with Crippen LogP contribution in [0, 0.1) is 0 Å². The van der Waals surface area contributed by atoms with E-state index in [1.54, 1.807) is 60.7 Å². The Morgan fingerprint density at radius 3 is 1.14 bits per heavy atom. The Balaban J connectivity index is 1.93. The first-order chi connectivity index (χ1) is 16.8. The number of rotatable bonds is 8. The SMILES string of the molecule is O=C(c1ccccc1)C(c1ccc(Cl)cc1)S(=O)(=O)C(C(=O)c1ccccc1)c1ccc(Cl)cc1. The number of halogens is 2. The molecule has 0 aromatic heterocycles. The molecule has 0 N–H and O–H groups in total. The molecule has 2 atom stereocenters. The number of hydrogen-bond donors (Lipinski definition) is 0. The average Bonchev–Trinajstić information content (AvgIpc) is 2.87.